The Morgan fingerprint density at radius 1 is 1.16 bits per heavy atom. The monoisotopic (exact) mass is 258 g/mol. The lowest BCUT2D eigenvalue weighted by atomic mass is 10.0. The molecule has 0 aliphatic heterocycles. The van der Waals surface area contributed by atoms with Crippen LogP contribution < -0.4 is 5.56 Å². The maximum atomic E-state index is 12.3. The van der Waals surface area contributed by atoms with Crippen molar-refractivity contribution in [2.75, 3.05) is 0 Å². The van der Waals surface area contributed by atoms with E-state index in [2.05, 4.69) is 32.8 Å². The number of nitrogens with one attached hydrogen (secondary N) is 1. The van der Waals surface area contributed by atoms with Crippen LogP contribution in [-0.2, 0) is 12.0 Å². The Morgan fingerprint density at radius 2 is 1.79 bits per heavy atom. The van der Waals surface area contributed by atoms with Gasteiger partial charge in [-0.2, -0.15) is 0 Å². The summed E-state index contributed by atoms with van der Waals surface area (Å²) in [6, 6.07) is 9.91. The number of hydrogen-bond donors (Lipinski definition) is 1. The summed E-state index contributed by atoms with van der Waals surface area (Å²) in [4.78, 5) is 12.3. The van der Waals surface area contributed by atoms with E-state index in [0.717, 1.165) is 29.7 Å². The minimum atomic E-state index is -0.114. The van der Waals surface area contributed by atoms with Gasteiger partial charge in [-0.1, -0.05) is 43.7 Å². The van der Waals surface area contributed by atoms with E-state index in [1.165, 1.54) is 0 Å². The highest BCUT2D eigenvalue weighted by Gasteiger charge is 2.22. The van der Waals surface area contributed by atoms with Gasteiger partial charge in [-0.3, -0.25) is 14.6 Å². The fraction of sp³-hybridized carbons (Fsp3) is 0.438. The van der Waals surface area contributed by atoms with E-state index in [1.807, 2.05) is 35.0 Å². The molecule has 1 aromatic heterocycles. The standard InChI is InChI=1S/C16H22N2O/c1-5-9-13-14(12-10-7-6-8-11-12)15(19)17-18(13)16(2,3)4/h6-8,10-11H,5,9H2,1-4H3,(H,17,19). The molecule has 1 aromatic carbocycles. The minimum Gasteiger partial charge on any atom is -0.283 e. The average Bonchev–Trinajstić information content (AvgIpc) is 2.68. The predicted molar refractivity (Wildman–Crippen MR) is 79.5 cm³/mol. The molecule has 0 unspecified atom stereocenters. The van der Waals surface area contributed by atoms with Crippen LogP contribution in [0.25, 0.3) is 11.1 Å². The third-order valence-electron chi connectivity index (χ3n) is 3.22. The number of aromatic nitrogens is 2. The lowest BCUT2D eigenvalue weighted by Crippen LogP contribution is -2.26. The van der Waals surface area contributed by atoms with Gasteiger partial charge in [0.15, 0.2) is 0 Å². The van der Waals surface area contributed by atoms with Gasteiger partial charge in [-0.05, 0) is 32.8 Å². The van der Waals surface area contributed by atoms with Crippen molar-refractivity contribution >= 4 is 0 Å². The molecule has 0 bridgehead atoms. The fourth-order valence-electron chi connectivity index (χ4n) is 2.42. The first-order chi connectivity index (χ1) is 8.95. The normalized spacial score (nSPS) is 11.8. The number of rotatable bonds is 3. The van der Waals surface area contributed by atoms with Crippen LogP contribution in [0.5, 0.6) is 0 Å². The second-order valence-electron chi connectivity index (χ2n) is 5.88. The number of benzene rings is 1. The molecule has 3 heteroatoms. The van der Waals surface area contributed by atoms with Gasteiger partial charge in [0.25, 0.3) is 5.56 Å². The van der Waals surface area contributed by atoms with Crippen LogP contribution in [0.15, 0.2) is 35.1 Å². The summed E-state index contributed by atoms with van der Waals surface area (Å²) >= 11 is 0. The van der Waals surface area contributed by atoms with Gasteiger partial charge in [-0.15, -0.1) is 0 Å². The van der Waals surface area contributed by atoms with Crippen LogP contribution in [0.3, 0.4) is 0 Å². The van der Waals surface area contributed by atoms with Crippen LogP contribution in [0.1, 0.15) is 39.8 Å². The van der Waals surface area contributed by atoms with Crippen molar-refractivity contribution < 1.29 is 0 Å². The van der Waals surface area contributed by atoms with Crippen molar-refractivity contribution in [2.24, 2.45) is 0 Å². The SMILES string of the molecule is CCCc1c(-c2ccccc2)c(=O)[nH]n1C(C)(C)C. The third kappa shape index (κ3) is 2.65. The highest BCUT2D eigenvalue weighted by Crippen LogP contribution is 2.25. The number of hydrogen-bond acceptors (Lipinski definition) is 1. The summed E-state index contributed by atoms with van der Waals surface area (Å²) in [6.45, 7) is 8.46. The Morgan fingerprint density at radius 3 is 2.32 bits per heavy atom. The lowest BCUT2D eigenvalue weighted by Gasteiger charge is -2.23. The molecule has 0 saturated carbocycles. The lowest BCUT2D eigenvalue weighted by molar-refractivity contribution is 0.341. The second-order valence-corrected chi connectivity index (χ2v) is 5.88. The number of H-pyrrole nitrogens is 1. The van der Waals surface area contributed by atoms with Gasteiger partial charge in [0.2, 0.25) is 0 Å². The minimum absolute atomic E-state index is 0.00424. The quantitative estimate of drug-likeness (QED) is 0.898. The summed E-state index contributed by atoms with van der Waals surface area (Å²) in [5.74, 6) is 0. The first-order valence-corrected chi connectivity index (χ1v) is 6.85. The maximum absolute atomic E-state index is 12.3. The van der Waals surface area contributed by atoms with E-state index in [-0.39, 0.29) is 11.1 Å². The molecule has 0 radical (unpaired) electrons. The van der Waals surface area contributed by atoms with Gasteiger partial charge in [0, 0.05) is 5.69 Å². The molecule has 0 aliphatic rings. The van der Waals surface area contributed by atoms with E-state index in [1.54, 1.807) is 0 Å². The molecular formula is C16H22N2O. The van der Waals surface area contributed by atoms with E-state index < -0.39 is 0 Å². The van der Waals surface area contributed by atoms with Crippen molar-refractivity contribution in [1.82, 2.24) is 9.78 Å². The molecule has 0 saturated heterocycles. The molecular weight excluding hydrogens is 236 g/mol. The summed E-state index contributed by atoms with van der Waals surface area (Å²) in [5.41, 5.74) is 2.81. The molecule has 2 aromatic rings. The average molecular weight is 258 g/mol. The molecule has 1 N–H and O–H groups in total. The highest BCUT2D eigenvalue weighted by molar-refractivity contribution is 5.65. The largest absolute Gasteiger partial charge is 0.283 e. The van der Waals surface area contributed by atoms with Crippen molar-refractivity contribution in [1.29, 1.82) is 0 Å². The Bertz CT molecular complexity index is 600. The zero-order valence-electron chi connectivity index (χ0n) is 12.2. The van der Waals surface area contributed by atoms with E-state index in [9.17, 15) is 4.79 Å². The molecule has 1 heterocycles. The van der Waals surface area contributed by atoms with Crippen LogP contribution >= 0.6 is 0 Å². The molecule has 102 valence electrons. The van der Waals surface area contributed by atoms with Gasteiger partial charge >= 0.3 is 0 Å². The molecule has 0 amide bonds. The van der Waals surface area contributed by atoms with E-state index in [0.29, 0.717) is 0 Å². The highest BCUT2D eigenvalue weighted by atomic mass is 16.1. The van der Waals surface area contributed by atoms with Crippen LogP contribution in [0.4, 0.5) is 0 Å². The van der Waals surface area contributed by atoms with Crippen molar-refractivity contribution in [3.8, 4) is 11.1 Å². The summed E-state index contributed by atoms with van der Waals surface area (Å²) in [7, 11) is 0. The van der Waals surface area contributed by atoms with Crippen LogP contribution in [0, 0.1) is 0 Å². The number of nitrogens with zero attached hydrogens (tertiary/aromatic N) is 1. The Balaban J connectivity index is 2.68. The maximum Gasteiger partial charge on any atom is 0.272 e. The summed E-state index contributed by atoms with van der Waals surface area (Å²) in [6.07, 6.45) is 1.92. The summed E-state index contributed by atoms with van der Waals surface area (Å²) < 4.78 is 2.02. The van der Waals surface area contributed by atoms with E-state index >= 15 is 0 Å². The number of aromatic amines is 1. The third-order valence-corrected chi connectivity index (χ3v) is 3.22. The molecule has 2 rings (SSSR count). The first-order valence-electron chi connectivity index (χ1n) is 6.85. The van der Waals surface area contributed by atoms with Gasteiger partial charge in [-0.25, -0.2) is 0 Å². The van der Waals surface area contributed by atoms with E-state index in [4.69, 9.17) is 0 Å². The van der Waals surface area contributed by atoms with Crippen molar-refractivity contribution in [3.63, 3.8) is 0 Å². The zero-order chi connectivity index (χ0) is 14.0. The summed E-state index contributed by atoms with van der Waals surface area (Å²) in [5, 5.41) is 3.00. The molecule has 0 atom stereocenters. The molecule has 0 aliphatic carbocycles. The Kier molecular flexibility index (Phi) is 3.65. The van der Waals surface area contributed by atoms with Gasteiger partial charge in [0.05, 0.1) is 11.1 Å². The smallest absolute Gasteiger partial charge is 0.272 e. The predicted octanol–water partition coefficient (Wildman–Crippen LogP) is 3.55. The molecule has 0 spiro atoms. The molecule has 19 heavy (non-hydrogen) atoms. The van der Waals surface area contributed by atoms with Gasteiger partial charge < -0.3 is 0 Å². The van der Waals surface area contributed by atoms with Crippen molar-refractivity contribution in [2.45, 2.75) is 46.1 Å². The van der Waals surface area contributed by atoms with Crippen LogP contribution in [0.2, 0.25) is 0 Å². The van der Waals surface area contributed by atoms with Crippen molar-refractivity contribution in [3.05, 3.63) is 46.4 Å². The molecule has 0 fully saturated rings. The molecule has 3 nitrogen and oxygen atoms in total. The Labute approximate surface area is 114 Å². The zero-order valence-corrected chi connectivity index (χ0v) is 12.2. The fourth-order valence-corrected chi connectivity index (χ4v) is 2.42. The van der Waals surface area contributed by atoms with Gasteiger partial charge in [0.1, 0.15) is 0 Å². The van der Waals surface area contributed by atoms with Crippen LogP contribution in [-0.4, -0.2) is 9.78 Å². The first kappa shape index (κ1) is 13.7. The second kappa shape index (κ2) is 5.08. The topological polar surface area (TPSA) is 37.8 Å². The Hall–Kier alpha value is -1.77.